The van der Waals surface area contributed by atoms with Crippen LogP contribution in [0.3, 0.4) is 0 Å². The maximum Gasteiger partial charge on any atom is 0.238 e. The van der Waals surface area contributed by atoms with Crippen molar-refractivity contribution in [2.24, 2.45) is 0 Å². The fraction of sp³-hybridized carbons (Fsp3) is 0.385. The summed E-state index contributed by atoms with van der Waals surface area (Å²) >= 11 is 0. The lowest BCUT2D eigenvalue weighted by molar-refractivity contribution is -0.130. The Morgan fingerprint density at radius 2 is 2.22 bits per heavy atom. The van der Waals surface area contributed by atoms with E-state index in [0.29, 0.717) is 5.56 Å². The van der Waals surface area contributed by atoms with Crippen molar-refractivity contribution in [3.63, 3.8) is 0 Å². The Labute approximate surface area is 106 Å². The molecule has 1 N–H and O–H groups in total. The van der Waals surface area contributed by atoms with E-state index in [1.165, 1.54) is 11.0 Å². The number of hydrogen-bond acceptors (Lipinski definition) is 3. The monoisotopic (exact) mass is 249 g/mol. The summed E-state index contributed by atoms with van der Waals surface area (Å²) in [5, 5.41) is 11.6. The molecule has 4 nitrogen and oxygen atoms in total. The molecule has 1 atom stereocenters. The smallest absolute Gasteiger partial charge is 0.238 e. The van der Waals surface area contributed by atoms with Crippen molar-refractivity contribution in [1.82, 2.24) is 10.2 Å². The van der Waals surface area contributed by atoms with E-state index in [1.807, 2.05) is 0 Å². The molecular formula is C13H16FN3O. The summed E-state index contributed by atoms with van der Waals surface area (Å²) in [6.45, 7) is 1.93. The van der Waals surface area contributed by atoms with Crippen molar-refractivity contribution in [3.8, 4) is 6.07 Å². The van der Waals surface area contributed by atoms with Gasteiger partial charge >= 0.3 is 0 Å². The molecule has 1 rings (SSSR count). The van der Waals surface area contributed by atoms with Gasteiger partial charge in [-0.25, -0.2) is 4.39 Å². The minimum absolute atomic E-state index is 0.0147. The Morgan fingerprint density at radius 3 is 2.78 bits per heavy atom. The molecule has 18 heavy (non-hydrogen) atoms. The number of nitrogens with zero attached hydrogens (tertiary/aromatic N) is 2. The zero-order valence-electron chi connectivity index (χ0n) is 10.7. The first-order valence-electron chi connectivity index (χ1n) is 5.59. The van der Waals surface area contributed by atoms with Gasteiger partial charge in [0.2, 0.25) is 5.91 Å². The fourth-order valence-electron chi connectivity index (χ4n) is 1.54. The third-order valence-corrected chi connectivity index (χ3v) is 2.61. The first kappa shape index (κ1) is 14.1. The maximum absolute atomic E-state index is 13.7. The van der Waals surface area contributed by atoms with Crippen LogP contribution < -0.4 is 5.32 Å². The molecule has 0 radical (unpaired) electrons. The highest BCUT2D eigenvalue weighted by Gasteiger charge is 2.15. The quantitative estimate of drug-likeness (QED) is 0.874. The van der Waals surface area contributed by atoms with Gasteiger partial charge in [0, 0.05) is 26.2 Å². The molecule has 0 saturated carbocycles. The average molecular weight is 249 g/mol. The Bertz CT molecular complexity index is 480. The number of nitriles is 1. The maximum atomic E-state index is 13.7. The minimum Gasteiger partial charge on any atom is -0.347 e. The number of amides is 1. The first-order chi connectivity index (χ1) is 8.47. The van der Waals surface area contributed by atoms with Crippen LogP contribution >= 0.6 is 0 Å². The van der Waals surface area contributed by atoms with Crippen LogP contribution in [0, 0.1) is 17.1 Å². The molecule has 0 spiro atoms. The van der Waals surface area contributed by atoms with Crippen molar-refractivity contribution in [1.29, 1.82) is 5.26 Å². The van der Waals surface area contributed by atoms with Crippen LogP contribution in [-0.4, -0.2) is 30.9 Å². The summed E-state index contributed by atoms with van der Waals surface area (Å²) < 4.78 is 13.7. The highest BCUT2D eigenvalue weighted by Crippen LogP contribution is 2.12. The van der Waals surface area contributed by atoms with E-state index in [1.54, 1.807) is 39.2 Å². The van der Waals surface area contributed by atoms with E-state index >= 15 is 0 Å². The van der Waals surface area contributed by atoms with E-state index in [0.717, 1.165) is 0 Å². The second-order valence-electron chi connectivity index (χ2n) is 4.23. The minimum atomic E-state index is -0.531. The molecule has 0 aromatic heterocycles. The van der Waals surface area contributed by atoms with Crippen LogP contribution in [-0.2, 0) is 11.3 Å². The third kappa shape index (κ3) is 3.28. The van der Waals surface area contributed by atoms with Crippen LogP contribution in [0.5, 0.6) is 0 Å². The number of halogens is 1. The molecule has 5 heteroatoms. The van der Waals surface area contributed by atoms with Crippen molar-refractivity contribution < 1.29 is 9.18 Å². The highest BCUT2D eigenvalue weighted by molar-refractivity contribution is 5.80. The van der Waals surface area contributed by atoms with Crippen molar-refractivity contribution in [3.05, 3.63) is 35.1 Å². The molecule has 96 valence electrons. The molecule has 1 aromatic carbocycles. The number of hydrogen-bond donors (Lipinski definition) is 1. The van der Waals surface area contributed by atoms with E-state index in [9.17, 15) is 9.18 Å². The van der Waals surface area contributed by atoms with Gasteiger partial charge in [0.05, 0.1) is 11.6 Å². The molecule has 0 bridgehead atoms. The predicted molar refractivity (Wildman–Crippen MR) is 66.1 cm³/mol. The fourth-order valence-corrected chi connectivity index (χ4v) is 1.54. The first-order valence-corrected chi connectivity index (χ1v) is 5.59. The molecule has 0 fully saturated rings. The van der Waals surface area contributed by atoms with Gasteiger partial charge in [0.15, 0.2) is 0 Å². The number of carbonyl (C=O) groups excluding carboxylic acids is 1. The van der Waals surface area contributed by atoms with Gasteiger partial charge in [-0.3, -0.25) is 4.79 Å². The average Bonchev–Trinajstić information content (AvgIpc) is 2.36. The summed E-state index contributed by atoms with van der Waals surface area (Å²) in [6.07, 6.45) is 0. The van der Waals surface area contributed by atoms with Crippen LogP contribution in [0.1, 0.15) is 18.1 Å². The lowest BCUT2D eigenvalue weighted by atomic mass is 10.1. The normalized spacial score (nSPS) is 11.7. The molecule has 1 aromatic rings. The number of likely N-dealkylation sites (N-methyl/N-ethyl adjacent to an activating group) is 1. The Kier molecular flexibility index (Phi) is 4.81. The lowest BCUT2D eigenvalue weighted by Crippen LogP contribution is -2.41. The van der Waals surface area contributed by atoms with E-state index < -0.39 is 11.9 Å². The third-order valence-electron chi connectivity index (χ3n) is 2.61. The van der Waals surface area contributed by atoms with Crippen LogP contribution in [0.25, 0.3) is 0 Å². The zero-order valence-corrected chi connectivity index (χ0v) is 10.7. The lowest BCUT2D eigenvalue weighted by Gasteiger charge is -2.18. The van der Waals surface area contributed by atoms with Crippen LogP contribution in [0.15, 0.2) is 18.2 Å². The zero-order chi connectivity index (χ0) is 13.7. The Balaban J connectivity index is 2.70. The predicted octanol–water partition coefficient (Wildman–Crippen LogP) is 1.26. The SMILES string of the molecule is CC(NCc1cccc(C#N)c1F)C(=O)N(C)C. The van der Waals surface area contributed by atoms with Gasteiger partial charge in [-0.15, -0.1) is 0 Å². The molecule has 0 heterocycles. The van der Waals surface area contributed by atoms with Crippen molar-refractivity contribution in [2.45, 2.75) is 19.5 Å². The van der Waals surface area contributed by atoms with Gasteiger partial charge in [-0.05, 0) is 13.0 Å². The molecular weight excluding hydrogens is 233 g/mol. The molecule has 1 unspecified atom stereocenters. The standard InChI is InChI=1S/C13H16FN3O/c1-9(13(18)17(2)3)16-8-11-6-4-5-10(7-15)12(11)14/h4-6,9,16H,8H2,1-3H3. The van der Waals surface area contributed by atoms with Gasteiger partial charge in [-0.1, -0.05) is 12.1 Å². The molecule has 0 aliphatic carbocycles. The van der Waals surface area contributed by atoms with Crippen molar-refractivity contribution in [2.75, 3.05) is 14.1 Å². The Morgan fingerprint density at radius 1 is 1.56 bits per heavy atom. The second-order valence-corrected chi connectivity index (χ2v) is 4.23. The van der Waals surface area contributed by atoms with Gasteiger partial charge < -0.3 is 10.2 Å². The number of rotatable bonds is 4. The number of benzene rings is 1. The second kappa shape index (κ2) is 6.12. The molecule has 0 saturated heterocycles. The summed E-state index contributed by atoms with van der Waals surface area (Å²) in [5.41, 5.74) is 0.397. The molecule has 1 amide bonds. The largest absolute Gasteiger partial charge is 0.347 e. The molecule has 0 aliphatic rings. The Hall–Kier alpha value is -1.93. The summed E-state index contributed by atoms with van der Waals surface area (Å²) in [6, 6.07) is 6.03. The van der Waals surface area contributed by atoms with E-state index in [4.69, 9.17) is 5.26 Å². The van der Waals surface area contributed by atoms with Gasteiger partial charge in [0.25, 0.3) is 0 Å². The molecule has 0 aliphatic heterocycles. The highest BCUT2D eigenvalue weighted by atomic mass is 19.1. The summed E-state index contributed by atoms with van der Waals surface area (Å²) in [7, 11) is 3.33. The summed E-state index contributed by atoms with van der Waals surface area (Å²) in [5.74, 6) is -0.608. The van der Waals surface area contributed by atoms with Crippen LogP contribution in [0.4, 0.5) is 4.39 Å². The topological polar surface area (TPSA) is 56.1 Å². The van der Waals surface area contributed by atoms with Crippen molar-refractivity contribution >= 4 is 5.91 Å². The van der Waals surface area contributed by atoms with Gasteiger partial charge in [0.1, 0.15) is 11.9 Å². The number of nitrogens with one attached hydrogen (secondary N) is 1. The number of carbonyl (C=O) groups is 1. The summed E-state index contributed by atoms with van der Waals surface area (Å²) in [4.78, 5) is 13.1. The van der Waals surface area contributed by atoms with E-state index in [-0.39, 0.29) is 18.0 Å². The van der Waals surface area contributed by atoms with E-state index in [2.05, 4.69) is 5.32 Å². The van der Waals surface area contributed by atoms with Crippen LogP contribution in [0.2, 0.25) is 0 Å². The van der Waals surface area contributed by atoms with Gasteiger partial charge in [-0.2, -0.15) is 5.26 Å².